The summed E-state index contributed by atoms with van der Waals surface area (Å²) in [4.78, 5) is 3.56. The van der Waals surface area contributed by atoms with Crippen molar-refractivity contribution in [2.24, 2.45) is 0 Å². The first kappa shape index (κ1) is 18.6. The summed E-state index contributed by atoms with van der Waals surface area (Å²) in [6, 6.07) is 15.5. The van der Waals surface area contributed by atoms with E-state index in [-0.39, 0.29) is 5.54 Å². The number of nitrogens with one attached hydrogen (secondary N) is 2. The van der Waals surface area contributed by atoms with E-state index in [9.17, 15) is 0 Å². The molecular weight excluding hydrogens is 340 g/mol. The fourth-order valence-electron chi connectivity index (χ4n) is 4.39. The van der Waals surface area contributed by atoms with Crippen molar-refractivity contribution in [2.45, 2.75) is 52.0 Å². The molecule has 0 amide bonds. The molecule has 1 aliphatic rings. The molecule has 0 bridgehead atoms. The molecule has 1 aromatic heterocycles. The first-order valence-corrected chi connectivity index (χ1v) is 10.3. The maximum Gasteiger partial charge on any atom is 0.0625 e. The summed E-state index contributed by atoms with van der Waals surface area (Å²) in [6.45, 7) is 14.9. The Labute approximate surface area is 168 Å². The van der Waals surface area contributed by atoms with Crippen molar-refractivity contribution in [1.82, 2.24) is 10.3 Å². The van der Waals surface area contributed by atoms with Crippen molar-refractivity contribution < 1.29 is 0 Å². The van der Waals surface area contributed by atoms with Crippen molar-refractivity contribution in [3.63, 3.8) is 0 Å². The number of rotatable bonds is 6. The highest BCUT2D eigenvalue weighted by molar-refractivity contribution is 5.88. The third-order valence-electron chi connectivity index (χ3n) is 6.42. The topological polar surface area (TPSA) is 27.8 Å². The zero-order valence-electron chi connectivity index (χ0n) is 17.3. The number of fused-ring (bicyclic) bond motifs is 1. The normalized spacial score (nSPS) is 15.2. The number of aromatic nitrogens is 1. The minimum atomic E-state index is -0.00833. The smallest absolute Gasteiger partial charge is 0.0625 e. The SMILES string of the molecule is C=C(C)c1ccc(C2(NC(=C)c3cc4c(C)c(CC)ccc4[nH]3)CCC2)cc1. The number of hydrogen-bond acceptors (Lipinski definition) is 1. The molecule has 28 heavy (non-hydrogen) atoms. The number of aryl methyl sites for hydroxylation is 2. The monoisotopic (exact) mass is 370 g/mol. The molecule has 1 heterocycles. The highest BCUT2D eigenvalue weighted by atomic mass is 15.0. The minimum absolute atomic E-state index is 0.00833. The summed E-state index contributed by atoms with van der Waals surface area (Å²) >= 11 is 0. The molecule has 4 rings (SSSR count). The van der Waals surface area contributed by atoms with Gasteiger partial charge < -0.3 is 10.3 Å². The average Bonchev–Trinajstić information content (AvgIpc) is 3.10. The van der Waals surface area contributed by atoms with Gasteiger partial charge in [0.2, 0.25) is 0 Å². The molecule has 3 aromatic rings. The third-order valence-corrected chi connectivity index (χ3v) is 6.42. The fraction of sp³-hybridized carbons (Fsp3) is 0.308. The lowest BCUT2D eigenvalue weighted by molar-refractivity contribution is 0.216. The second-order valence-corrected chi connectivity index (χ2v) is 8.24. The summed E-state index contributed by atoms with van der Waals surface area (Å²) in [5, 5.41) is 5.07. The van der Waals surface area contributed by atoms with Crippen LogP contribution in [0.4, 0.5) is 0 Å². The summed E-state index contributed by atoms with van der Waals surface area (Å²) < 4.78 is 0. The predicted molar refractivity (Wildman–Crippen MR) is 121 cm³/mol. The zero-order chi connectivity index (χ0) is 19.9. The van der Waals surface area contributed by atoms with Gasteiger partial charge in [0, 0.05) is 10.9 Å². The van der Waals surface area contributed by atoms with E-state index in [4.69, 9.17) is 0 Å². The molecule has 0 atom stereocenters. The van der Waals surface area contributed by atoms with Crippen LogP contribution in [0.5, 0.6) is 0 Å². The average molecular weight is 371 g/mol. The van der Waals surface area contributed by atoms with Gasteiger partial charge in [-0.15, -0.1) is 0 Å². The van der Waals surface area contributed by atoms with Gasteiger partial charge in [0.05, 0.1) is 16.9 Å². The molecule has 1 fully saturated rings. The van der Waals surface area contributed by atoms with Crippen LogP contribution < -0.4 is 5.32 Å². The number of benzene rings is 2. The zero-order valence-corrected chi connectivity index (χ0v) is 17.3. The molecular formula is C26H30N2. The molecule has 2 aromatic carbocycles. The Balaban J connectivity index is 1.62. The fourth-order valence-corrected chi connectivity index (χ4v) is 4.39. The molecule has 2 heteroatoms. The van der Waals surface area contributed by atoms with Crippen molar-refractivity contribution in [2.75, 3.05) is 0 Å². The van der Waals surface area contributed by atoms with Gasteiger partial charge in [0.25, 0.3) is 0 Å². The Morgan fingerprint density at radius 3 is 2.39 bits per heavy atom. The Bertz CT molecular complexity index is 1050. The molecule has 0 unspecified atom stereocenters. The van der Waals surface area contributed by atoms with Crippen molar-refractivity contribution in [3.8, 4) is 0 Å². The van der Waals surface area contributed by atoms with Gasteiger partial charge in [-0.05, 0) is 73.9 Å². The Kier molecular flexibility index (Phi) is 4.66. The maximum absolute atomic E-state index is 4.37. The number of aromatic amines is 1. The van der Waals surface area contributed by atoms with Gasteiger partial charge in [-0.1, -0.05) is 56.0 Å². The number of hydrogen-bond donors (Lipinski definition) is 2. The van der Waals surface area contributed by atoms with Crippen LogP contribution in [0, 0.1) is 6.92 Å². The van der Waals surface area contributed by atoms with E-state index in [1.807, 2.05) is 0 Å². The Morgan fingerprint density at radius 1 is 1.11 bits per heavy atom. The molecule has 2 nitrogen and oxygen atoms in total. The van der Waals surface area contributed by atoms with Gasteiger partial charge >= 0.3 is 0 Å². The van der Waals surface area contributed by atoms with E-state index in [0.717, 1.165) is 36.2 Å². The van der Waals surface area contributed by atoms with Crippen LogP contribution in [-0.4, -0.2) is 4.98 Å². The standard InChI is InChI=1S/C26H30N2/c1-6-20-10-13-24-23(18(20)4)16-25(27-24)19(5)28-26(14-7-15-26)22-11-8-21(9-12-22)17(2)3/h8-13,16,27-28H,2,5-7,14-15H2,1,3-4H3. The van der Waals surface area contributed by atoms with Crippen LogP contribution in [-0.2, 0) is 12.0 Å². The Hall–Kier alpha value is -2.74. The van der Waals surface area contributed by atoms with E-state index in [2.05, 4.69) is 86.7 Å². The summed E-state index contributed by atoms with van der Waals surface area (Å²) in [5.41, 5.74) is 9.64. The minimum Gasteiger partial charge on any atom is -0.374 e. The highest BCUT2D eigenvalue weighted by Crippen LogP contribution is 2.43. The van der Waals surface area contributed by atoms with Gasteiger partial charge in [-0.2, -0.15) is 0 Å². The van der Waals surface area contributed by atoms with Gasteiger partial charge in [0.15, 0.2) is 0 Å². The first-order chi connectivity index (χ1) is 13.4. The van der Waals surface area contributed by atoms with Crippen LogP contribution in [0.2, 0.25) is 0 Å². The van der Waals surface area contributed by atoms with Crippen LogP contribution in [0.1, 0.15) is 61.1 Å². The molecule has 1 saturated carbocycles. The summed E-state index contributed by atoms with van der Waals surface area (Å²) in [7, 11) is 0. The van der Waals surface area contributed by atoms with Crippen LogP contribution in [0.15, 0.2) is 55.6 Å². The van der Waals surface area contributed by atoms with E-state index in [0.29, 0.717) is 0 Å². The maximum atomic E-state index is 4.37. The molecule has 1 aliphatic carbocycles. The lowest BCUT2D eigenvalue weighted by Crippen LogP contribution is -2.46. The van der Waals surface area contributed by atoms with Crippen LogP contribution in [0.3, 0.4) is 0 Å². The largest absolute Gasteiger partial charge is 0.374 e. The van der Waals surface area contributed by atoms with Crippen molar-refractivity contribution >= 4 is 22.2 Å². The summed E-state index contributed by atoms with van der Waals surface area (Å²) in [6.07, 6.45) is 4.58. The molecule has 0 saturated heterocycles. The highest BCUT2D eigenvalue weighted by Gasteiger charge is 2.39. The second kappa shape index (κ2) is 7.01. The number of H-pyrrole nitrogens is 1. The van der Waals surface area contributed by atoms with E-state index in [1.165, 1.54) is 39.6 Å². The lowest BCUT2D eigenvalue weighted by atomic mass is 9.71. The second-order valence-electron chi connectivity index (χ2n) is 8.24. The van der Waals surface area contributed by atoms with Crippen LogP contribution in [0.25, 0.3) is 22.2 Å². The van der Waals surface area contributed by atoms with Gasteiger partial charge in [0.1, 0.15) is 0 Å². The van der Waals surface area contributed by atoms with E-state index >= 15 is 0 Å². The molecule has 144 valence electrons. The van der Waals surface area contributed by atoms with Crippen LogP contribution >= 0.6 is 0 Å². The van der Waals surface area contributed by atoms with E-state index in [1.54, 1.807) is 0 Å². The molecule has 0 spiro atoms. The predicted octanol–water partition coefficient (Wildman–Crippen LogP) is 6.71. The lowest BCUT2D eigenvalue weighted by Gasteiger charge is -2.44. The van der Waals surface area contributed by atoms with Gasteiger partial charge in [-0.3, -0.25) is 0 Å². The van der Waals surface area contributed by atoms with E-state index < -0.39 is 0 Å². The summed E-state index contributed by atoms with van der Waals surface area (Å²) in [5.74, 6) is 0. The van der Waals surface area contributed by atoms with Crippen molar-refractivity contribution in [3.05, 3.63) is 83.6 Å². The number of allylic oxidation sites excluding steroid dienone is 1. The molecule has 2 N–H and O–H groups in total. The Morgan fingerprint density at radius 2 is 1.82 bits per heavy atom. The van der Waals surface area contributed by atoms with Gasteiger partial charge in [-0.25, -0.2) is 0 Å². The molecule has 0 radical (unpaired) electrons. The third kappa shape index (κ3) is 3.07. The quantitative estimate of drug-likeness (QED) is 0.496. The first-order valence-electron chi connectivity index (χ1n) is 10.3. The molecule has 0 aliphatic heterocycles. The van der Waals surface area contributed by atoms with Crippen molar-refractivity contribution in [1.29, 1.82) is 0 Å².